The molecule has 0 amide bonds. The zero-order valence-electron chi connectivity index (χ0n) is 12.5. The molecule has 0 atom stereocenters. The summed E-state index contributed by atoms with van der Waals surface area (Å²) in [6, 6.07) is 0. The van der Waals surface area contributed by atoms with Crippen LogP contribution in [0.1, 0.15) is 12.8 Å². The third-order valence-corrected chi connectivity index (χ3v) is 3.71. The van der Waals surface area contributed by atoms with Crippen molar-refractivity contribution in [1.82, 2.24) is 5.01 Å². The van der Waals surface area contributed by atoms with E-state index in [0.717, 1.165) is 35.6 Å². The highest BCUT2D eigenvalue weighted by Crippen LogP contribution is 2.30. The van der Waals surface area contributed by atoms with Crippen LogP contribution in [0.5, 0.6) is 0 Å². The van der Waals surface area contributed by atoms with Crippen molar-refractivity contribution >= 4 is 39.5 Å². The minimum Gasteiger partial charge on any atom is -0.458 e. The molecule has 0 aromatic rings. The molecule has 0 saturated heterocycles. The quantitative estimate of drug-likeness (QED) is 0.409. The van der Waals surface area contributed by atoms with Gasteiger partial charge in [-0.1, -0.05) is 18.2 Å². The minimum atomic E-state index is 0.289. The molecule has 5 nitrogen and oxygen atoms in total. The van der Waals surface area contributed by atoms with Crippen LogP contribution in [0.15, 0.2) is 55.6 Å². The van der Waals surface area contributed by atoms with Crippen molar-refractivity contribution in [2.24, 2.45) is 10.1 Å². The highest BCUT2D eigenvalue weighted by molar-refractivity contribution is 9.12. The molecule has 0 N–H and O–H groups in total. The van der Waals surface area contributed by atoms with Gasteiger partial charge in [0, 0.05) is 31.1 Å². The SMILES string of the molecule is C=C(Br)/C=N\N(C)/C(Cl)=C\C(=N/C)C1=CC2=C(CC1)OCO2. The molecule has 0 aromatic heterocycles. The molecule has 0 radical (unpaired) electrons. The molecule has 7 heteroatoms. The number of hydrogen-bond acceptors (Lipinski definition) is 5. The second-order valence-electron chi connectivity index (χ2n) is 4.65. The summed E-state index contributed by atoms with van der Waals surface area (Å²) in [6.45, 7) is 3.97. The van der Waals surface area contributed by atoms with Gasteiger partial charge in [0.25, 0.3) is 0 Å². The van der Waals surface area contributed by atoms with Crippen LogP contribution in [0, 0.1) is 0 Å². The predicted octanol–water partition coefficient (Wildman–Crippen LogP) is 3.90. The average Bonchev–Trinajstić information content (AvgIpc) is 2.97. The van der Waals surface area contributed by atoms with Crippen LogP contribution in [-0.4, -0.2) is 37.8 Å². The first-order valence-corrected chi connectivity index (χ1v) is 7.84. The lowest BCUT2D eigenvalue weighted by Crippen LogP contribution is -2.11. The Morgan fingerprint density at radius 3 is 2.91 bits per heavy atom. The molecule has 2 rings (SSSR count). The summed E-state index contributed by atoms with van der Waals surface area (Å²) < 4.78 is 11.5. The first-order valence-electron chi connectivity index (χ1n) is 6.67. The second kappa shape index (κ2) is 7.65. The number of hydrogen-bond donors (Lipinski definition) is 0. The largest absolute Gasteiger partial charge is 0.458 e. The Morgan fingerprint density at radius 1 is 1.45 bits per heavy atom. The summed E-state index contributed by atoms with van der Waals surface area (Å²) in [4.78, 5) is 4.31. The van der Waals surface area contributed by atoms with Crippen molar-refractivity contribution in [3.05, 3.63) is 45.5 Å². The van der Waals surface area contributed by atoms with E-state index in [9.17, 15) is 0 Å². The Bertz CT molecular complexity index is 620. The van der Waals surface area contributed by atoms with Gasteiger partial charge in [0.05, 0.1) is 11.9 Å². The van der Waals surface area contributed by atoms with E-state index >= 15 is 0 Å². The van der Waals surface area contributed by atoms with Gasteiger partial charge >= 0.3 is 0 Å². The fourth-order valence-corrected chi connectivity index (χ4v) is 2.26. The lowest BCUT2D eigenvalue weighted by molar-refractivity contribution is 0.0729. The first-order chi connectivity index (χ1) is 10.5. The van der Waals surface area contributed by atoms with Gasteiger partial charge in [0.15, 0.2) is 5.76 Å². The fraction of sp³-hybridized carbons (Fsp3) is 0.333. The Kier molecular flexibility index (Phi) is 5.85. The van der Waals surface area contributed by atoms with Crippen molar-refractivity contribution in [3.63, 3.8) is 0 Å². The third kappa shape index (κ3) is 4.24. The Labute approximate surface area is 143 Å². The maximum atomic E-state index is 6.27. The molecule has 0 spiro atoms. The van der Waals surface area contributed by atoms with E-state index in [-0.39, 0.29) is 6.79 Å². The molecule has 0 saturated carbocycles. The van der Waals surface area contributed by atoms with Crippen molar-refractivity contribution < 1.29 is 9.47 Å². The zero-order chi connectivity index (χ0) is 16.1. The molecule has 0 bridgehead atoms. The Morgan fingerprint density at radius 2 is 2.23 bits per heavy atom. The van der Waals surface area contributed by atoms with Gasteiger partial charge in [-0.05, 0) is 34.0 Å². The van der Waals surface area contributed by atoms with Gasteiger partial charge in [0.2, 0.25) is 6.79 Å². The number of ether oxygens (including phenoxy) is 2. The lowest BCUT2D eigenvalue weighted by atomic mass is 9.98. The van der Waals surface area contributed by atoms with Crippen molar-refractivity contribution in [1.29, 1.82) is 0 Å². The first kappa shape index (κ1) is 16.8. The van der Waals surface area contributed by atoms with Crippen LogP contribution in [0.25, 0.3) is 0 Å². The molecule has 2 aliphatic rings. The van der Waals surface area contributed by atoms with Crippen molar-refractivity contribution in [2.75, 3.05) is 20.9 Å². The second-order valence-corrected chi connectivity index (χ2v) is 6.06. The highest BCUT2D eigenvalue weighted by Gasteiger charge is 2.22. The van der Waals surface area contributed by atoms with E-state index in [1.807, 2.05) is 6.08 Å². The van der Waals surface area contributed by atoms with Crippen LogP contribution in [0.2, 0.25) is 0 Å². The summed E-state index contributed by atoms with van der Waals surface area (Å²) in [7, 11) is 3.48. The molecule has 22 heavy (non-hydrogen) atoms. The topological polar surface area (TPSA) is 46.4 Å². The van der Waals surface area contributed by atoms with Gasteiger partial charge < -0.3 is 9.47 Å². The Balaban J connectivity index is 2.15. The van der Waals surface area contributed by atoms with Gasteiger partial charge in [-0.25, -0.2) is 0 Å². The van der Waals surface area contributed by atoms with E-state index in [2.05, 4.69) is 32.6 Å². The van der Waals surface area contributed by atoms with Gasteiger partial charge in [-0.3, -0.25) is 10.0 Å². The Hall–Kier alpha value is -1.53. The highest BCUT2D eigenvalue weighted by atomic mass is 79.9. The molecule has 0 fully saturated rings. The molecule has 1 aliphatic carbocycles. The van der Waals surface area contributed by atoms with Gasteiger partial charge in [-0.15, -0.1) is 0 Å². The molecule has 1 heterocycles. The molecule has 118 valence electrons. The number of nitrogens with zero attached hydrogens (tertiary/aromatic N) is 3. The van der Waals surface area contributed by atoms with E-state index in [1.54, 1.807) is 31.4 Å². The van der Waals surface area contributed by atoms with Crippen LogP contribution in [0.4, 0.5) is 0 Å². The smallest absolute Gasteiger partial charge is 0.230 e. The standard InChI is InChI=1S/C15H17BrClN3O2/c1-10(16)8-19-20(3)15(17)7-12(18-2)11-4-5-13-14(6-11)22-9-21-13/h6-8H,1,4-5,9H2,2-3H3/b15-7-,18-12+,19-8-. The maximum absolute atomic E-state index is 6.27. The van der Waals surface area contributed by atoms with Crippen molar-refractivity contribution in [2.45, 2.75) is 12.8 Å². The number of halogens is 2. The normalized spacial score (nSPS) is 18.8. The number of rotatable bonds is 5. The third-order valence-electron chi connectivity index (χ3n) is 3.16. The summed E-state index contributed by atoms with van der Waals surface area (Å²) in [5, 5.41) is 6.14. The maximum Gasteiger partial charge on any atom is 0.230 e. The van der Waals surface area contributed by atoms with Gasteiger partial charge in [-0.2, -0.15) is 5.10 Å². The summed E-state index contributed by atoms with van der Waals surface area (Å²) in [5.41, 5.74) is 1.86. The fourth-order valence-electron chi connectivity index (χ4n) is 2.03. The van der Waals surface area contributed by atoms with E-state index in [4.69, 9.17) is 21.1 Å². The predicted molar refractivity (Wildman–Crippen MR) is 93.0 cm³/mol. The molecular weight excluding hydrogens is 370 g/mol. The summed E-state index contributed by atoms with van der Waals surface area (Å²) in [5.74, 6) is 1.70. The van der Waals surface area contributed by atoms with Crippen LogP contribution >= 0.6 is 27.5 Å². The molecule has 1 aliphatic heterocycles. The minimum absolute atomic E-state index is 0.289. The van der Waals surface area contributed by atoms with Gasteiger partial charge in [0.1, 0.15) is 10.9 Å². The van der Waals surface area contributed by atoms with E-state index in [1.165, 1.54) is 0 Å². The monoisotopic (exact) mass is 385 g/mol. The summed E-state index contributed by atoms with van der Waals surface area (Å²) >= 11 is 9.48. The molecular formula is C15H17BrClN3O2. The van der Waals surface area contributed by atoms with E-state index in [0.29, 0.717) is 9.64 Å². The lowest BCUT2D eigenvalue weighted by Gasteiger charge is -2.15. The van der Waals surface area contributed by atoms with Crippen LogP contribution in [0.3, 0.4) is 0 Å². The number of aliphatic imine (C=N–C) groups is 1. The van der Waals surface area contributed by atoms with E-state index < -0.39 is 0 Å². The molecule has 0 unspecified atom stereocenters. The number of hydrazone groups is 1. The van der Waals surface area contributed by atoms with Crippen molar-refractivity contribution in [3.8, 4) is 0 Å². The summed E-state index contributed by atoms with van der Waals surface area (Å²) in [6.07, 6.45) is 6.95. The molecule has 0 aromatic carbocycles. The average molecular weight is 387 g/mol. The number of allylic oxidation sites excluding steroid dienone is 5. The van der Waals surface area contributed by atoms with Crippen LogP contribution < -0.4 is 0 Å². The zero-order valence-corrected chi connectivity index (χ0v) is 14.8. The van der Waals surface area contributed by atoms with Crippen LogP contribution in [-0.2, 0) is 9.47 Å².